The van der Waals surface area contributed by atoms with E-state index in [0.29, 0.717) is 11.3 Å². The predicted octanol–water partition coefficient (Wildman–Crippen LogP) is 3.50. The van der Waals surface area contributed by atoms with Crippen molar-refractivity contribution in [2.75, 3.05) is 5.73 Å². The Morgan fingerprint density at radius 2 is 1.83 bits per heavy atom. The van der Waals surface area contributed by atoms with E-state index in [1.165, 1.54) is 0 Å². The fourth-order valence-electron chi connectivity index (χ4n) is 1.93. The number of rotatable bonds is 4. The fraction of sp³-hybridized carbons (Fsp3) is 0.200. The lowest BCUT2D eigenvalue weighted by Gasteiger charge is -2.20. The monoisotopic (exact) mass is 243 g/mol. The van der Waals surface area contributed by atoms with Crippen molar-refractivity contribution in [3.8, 4) is 11.5 Å². The molecule has 2 rings (SSSR count). The van der Waals surface area contributed by atoms with Gasteiger partial charge < -0.3 is 15.6 Å². The summed E-state index contributed by atoms with van der Waals surface area (Å²) in [6.07, 6.45) is 0.491. The van der Waals surface area contributed by atoms with Crippen molar-refractivity contribution in [3.05, 3.63) is 54.1 Å². The van der Waals surface area contributed by atoms with Crippen LogP contribution in [0.2, 0.25) is 0 Å². The molecule has 0 radical (unpaired) electrons. The molecule has 0 aromatic heterocycles. The summed E-state index contributed by atoms with van der Waals surface area (Å²) in [7, 11) is 0. The van der Waals surface area contributed by atoms with Crippen molar-refractivity contribution in [2.45, 2.75) is 19.4 Å². The molecule has 3 N–H and O–H groups in total. The molecule has 0 aliphatic rings. The fourth-order valence-corrected chi connectivity index (χ4v) is 1.93. The van der Waals surface area contributed by atoms with Gasteiger partial charge in [-0.3, -0.25) is 0 Å². The maximum Gasteiger partial charge on any atom is 0.129 e. The highest BCUT2D eigenvalue weighted by atomic mass is 16.5. The lowest BCUT2D eigenvalue weighted by molar-refractivity contribution is 0.198. The van der Waals surface area contributed by atoms with Crippen LogP contribution in [0.1, 0.15) is 25.0 Å². The van der Waals surface area contributed by atoms with Crippen LogP contribution in [0.4, 0.5) is 5.69 Å². The van der Waals surface area contributed by atoms with Gasteiger partial charge in [0.2, 0.25) is 0 Å². The third-order valence-corrected chi connectivity index (χ3v) is 2.83. The highest BCUT2D eigenvalue weighted by Gasteiger charge is 2.18. The van der Waals surface area contributed by atoms with Crippen LogP contribution in [-0.2, 0) is 0 Å². The van der Waals surface area contributed by atoms with Crippen LogP contribution in [0.5, 0.6) is 11.5 Å². The van der Waals surface area contributed by atoms with E-state index in [4.69, 9.17) is 10.5 Å². The zero-order chi connectivity index (χ0) is 13.0. The second kappa shape index (κ2) is 5.45. The number of para-hydroxylation sites is 1. The van der Waals surface area contributed by atoms with Gasteiger partial charge in [0.25, 0.3) is 0 Å². The number of nitrogens with two attached hydrogens (primary N) is 1. The third kappa shape index (κ3) is 2.56. The summed E-state index contributed by atoms with van der Waals surface area (Å²) in [6, 6.07) is 14.7. The molecule has 2 aromatic carbocycles. The van der Waals surface area contributed by atoms with Gasteiger partial charge in [-0.25, -0.2) is 0 Å². The molecule has 3 heteroatoms. The first kappa shape index (κ1) is 12.3. The van der Waals surface area contributed by atoms with E-state index in [0.717, 1.165) is 12.2 Å². The molecule has 0 bridgehead atoms. The molecule has 0 saturated carbocycles. The average Bonchev–Trinajstić information content (AvgIpc) is 2.38. The predicted molar refractivity (Wildman–Crippen MR) is 72.6 cm³/mol. The largest absolute Gasteiger partial charge is 0.507 e. The van der Waals surface area contributed by atoms with Crippen molar-refractivity contribution in [2.24, 2.45) is 0 Å². The molecule has 94 valence electrons. The van der Waals surface area contributed by atoms with Gasteiger partial charge in [-0.2, -0.15) is 0 Å². The summed E-state index contributed by atoms with van der Waals surface area (Å²) >= 11 is 0. The molecule has 2 aromatic rings. The van der Waals surface area contributed by atoms with E-state index < -0.39 is 0 Å². The second-order valence-corrected chi connectivity index (χ2v) is 4.11. The number of hydrogen-bond acceptors (Lipinski definition) is 3. The Bertz CT molecular complexity index is 491. The molecule has 0 saturated heterocycles. The molecule has 0 fully saturated rings. The van der Waals surface area contributed by atoms with Crippen LogP contribution in [0.25, 0.3) is 0 Å². The highest BCUT2D eigenvalue weighted by molar-refractivity contribution is 5.55. The molecular formula is C15H17NO2. The Morgan fingerprint density at radius 3 is 2.44 bits per heavy atom. The Morgan fingerprint density at radius 1 is 1.11 bits per heavy atom. The number of hydrogen-bond donors (Lipinski definition) is 2. The Balaban J connectivity index is 2.29. The normalized spacial score (nSPS) is 12.1. The minimum atomic E-state index is -0.242. The SMILES string of the molecule is CCC(Oc1ccccc1)c1c(N)cccc1O. The highest BCUT2D eigenvalue weighted by Crippen LogP contribution is 2.34. The van der Waals surface area contributed by atoms with Crippen LogP contribution in [0.15, 0.2) is 48.5 Å². The molecular weight excluding hydrogens is 226 g/mol. The van der Waals surface area contributed by atoms with Gasteiger partial charge in [-0.1, -0.05) is 31.2 Å². The average molecular weight is 243 g/mol. The molecule has 1 atom stereocenters. The first-order valence-corrected chi connectivity index (χ1v) is 6.01. The van der Waals surface area contributed by atoms with E-state index in [1.807, 2.05) is 37.3 Å². The molecule has 0 aliphatic heterocycles. The number of aromatic hydroxyl groups is 1. The van der Waals surface area contributed by atoms with Crippen LogP contribution in [0, 0.1) is 0 Å². The van der Waals surface area contributed by atoms with Crippen LogP contribution >= 0.6 is 0 Å². The molecule has 0 amide bonds. The van der Waals surface area contributed by atoms with Crippen LogP contribution < -0.4 is 10.5 Å². The van der Waals surface area contributed by atoms with E-state index in [1.54, 1.807) is 18.2 Å². The summed E-state index contributed by atoms with van der Waals surface area (Å²) in [5, 5.41) is 9.91. The molecule has 0 aliphatic carbocycles. The minimum Gasteiger partial charge on any atom is -0.507 e. The summed E-state index contributed by atoms with van der Waals surface area (Å²) in [5.74, 6) is 0.949. The van der Waals surface area contributed by atoms with Gasteiger partial charge in [0, 0.05) is 5.69 Å². The van der Waals surface area contributed by atoms with Crippen molar-refractivity contribution in [3.63, 3.8) is 0 Å². The van der Waals surface area contributed by atoms with Crippen LogP contribution in [-0.4, -0.2) is 5.11 Å². The zero-order valence-electron chi connectivity index (χ0n) is 10.3. The van der Waals surface area contributed by atoms with E-state index >= 15 is 0 Å². The zero-order valence-corrected chi connectivity index (χ0v) is 10.3. The molecule has 0 spiro atoms. The first-order chi connectivity index (χ1) is 8.72. The van der Waals surface area contributed by atoms with Gasteiger partial charge in [0.1, 0.15) is 17.6 Å². The van der Waals surface area contributed by atoms with E-state index in [-0.39, 0.29) is 11.9 Å². The molecule has 3 nitrogen and oxygen atoms in total. The number of benzene rings is 2. The van der Waals surface area contributed by atoms with Crippen molar-refractivity contribution >= 4 is 5.69 Å². The van der Waals surface area contributed by atoms with Crippen LogP contribution in [0.3, 0.4) is 0 Å². The minimum absolute atomic E-state index is 0.179. The Kier molecular flexibility index (Phi) is 3.72. The quantitative estimate of drug-likeness (QED) is 0.808. The number of nitrogen functional groups attached to an aromatic ring is 1. The number of phenols is 1. The summed E-state index contributed by atoms with van der Waals surface area (Å²) < 4.78 is 5.87. The van der Waals surface area contributed by atoms with Gasteiger partial charge in [0.05, 0.1) is 5.56 Å². The van der Waals surface area contributed by atoms with Crippen molar-refractivity contribution in [1.29, 1.82) is 0 Å². The summed E-state index contributed by atoms with van der Waals surface area (Å²) in [4.78, 5) is 0. The first-order valence-electron chi connectivity index (χ1n) is 6.01. The number of phenolic OH excluding ortho intramolecular Hbond substituents is 1. The summed E-state index contributed by atoms with van der Waals surface area (Å²) in [6.45, 7) is 2.00. The Hall–Kier alpha value is -2.16. The number of ether oxygens (including phenoxy) is 1. The summed E-state index contributed by atoms with van der Waals surface area (Å²) in [5.41, 5.74) is 7.12. The van der Waals surface area contributed by atoms with Gasteiger partial charge in [-0.05, 0) is 30.7 Å². The third-order valence-electron chi connectivity index (χ3n) is 2.83. The standard InChI is InChI=1S/C15H17NO2/c1-2-14(18-11-7-4-3-5-8-11)15-12(16)9-6-10-13(15)17/h3-10,14,17H,2,16H2,1H3. The van der Waals surface area contributed by atoms with Gasteiger partial charge in [-0.15, -0.1) is 0 Å². The molecule has 1 unspecified atom stereocenters. The molecule has 18 heavy (non-hydrogen) atoms. The second-order valence-electron chi connectivity index (χ2n) is 4.11. The molecule has 0 heterocycles. The van der Waals surface area contributed by atoms with E-state index in [9.17, 15) is 5.11 Å². The van der Waals surface area contributed by atoms with E-state index in [2.05, 4.69) is 0 Å². The lowest BCUT2D eigenvalue weighted by Crippen LogP contribution is -2.09. The topological polar surface area (TPSA) is 55.5 Å². The maximum absolute atomic E-state index is 9.91. The van der Waals surface area contributed by atoms with Gasteiger partial charge >= 0.3 is 0 Å². The smallest absolute Gasteiger partial charge is 0.129 e. The lowest BCUT2D eigenvalue weighted by atomic mass is 10.0. The Labute approximate surface area is 107 Å². The number of anilines is 1. The van der Waals surface area contributed by atoms with Gasteiger partial charge in [0.15, 0.2) is 0 Å². The van der Waals surface area contributed by atoms with Crippen molar-refractivity contribution < 1.29 is 9.84 Å². The van der Waals surface area contributed by atoms with Crippen molar-refractivity contribution in [1.82, 2.24) is 0 Å². The maximum atomic E-state index is 9.91.